The van der Waals surface area contributed by atoms with Gasteiger partial charge in [-0.2, -0.15) is 0 Å². The van der Waals surface area contributed by atoms with Crippen molar-refractivity contribution in [2.24, 2.45) is 0 Å². The lowest BCUT2D eigenvalue weighted by atomic mass is 10.1. The summed E-state index contributed by atoms with van der Waals surface area (Å²) in [5.74, 6) is 1.22. The van der Waals surface area contributed by atoms with Gasteiger partial charge in [-0.25, -0.2) is 0 Å². The van der Waals surface area contributed by atoms with Crippen LogP contribution < -0.4 is 14.4 Å². The summed E-state index contributed by atoms with van der Waals surface area (Å²) >= 11 is 0. The maximum Gasteiger partial charge on any atom is 0.267 e. The van der Waals surface area contributed by atoms with Crippen LogP contribution in [0.15, 0.2) is 48.5 Å². The van der Waals surface area contributed by atoms with Gasteiger partial charge in [0.15, 0.2) is 11.5 Å². The summed E-state index contributed by atoms with van der Waals surface area (Å²) in [5, 5.41) is 0. The number of hydrogen-bond acceptors (Lipinski definition) is 4. The van der Waals surface area contributed by atoms with Crippen molar-refractivity contribution < 1.29 is 14.3 Å². The van der Waals surface area contributed by atoms with Crippen molar-refractivity contribution >= 4 is 11.6 Å². The van der Waals surface area contributed by atoms with E-state index < -0.39 is 6.10 Å². The summed E-state index contributed by atoms with van der Waals surface area (Å²) < 4.78 is 11.4. The summed E-state index contributed by atoms with van der Waals surface area (Å²) in [6.07, 6.45) is -0.606. The van der Waals surface area contributed by atoms with Gasteiger partial charge in [-0.05, 0) is 29.8 Å². The summed E-state index contributed by atoms with van der Waals surface area (Å²) in [5.41, 5.74) is 2.21. The maximum absolute atomic E-state index is 12.6. The van der Waals surface area contributed by atoms with Crippen LogP contribution in [0, 0.1) is 0 Å². The number of hydrogen-bond donors (Lipinski definition) is 0. The molecule has 24 heavy (non-hydrogen) atoms. The van der Waals surface area contributed by atoms with Gasteiger partial charge in [0.25, 0.3) is 5.91 Å². The highest BCUT2D eigenvalue weighted by molar-refractivity contribution is 5.81. The van der Waals surface area contributed by atoms with E-state index in [9.17, 15) is 4.79 Å². The second-order valence-electron chi connectivity index (χ2n) is 6.12. The van der Waals surface area contributed by atoms with Crippen LogP contribution in [-0.2, 0) is 11.3 Å². The fourth-order valence-corrected chi connectivity index (χ4v) is 2.64. The molecule has 0 radical (unpaired) electrons. The van der Waals surface area contributed by atoms with Crippen molar-refractivity contribution in [2.75, 3.05) is 32.6 Å². The molecule has 126 valence electrons. The normalized spacial score (nSPS) is 15.7. The number of para-hydroxylation sites is 2. The Hall–Kier alpha value is -2.69. The molecular formula is C19H22N2O3. The molecule has 3 rings (SSSR count). The number of carbonyl (C=O) groups is 1. The van der Waals surface area contributed by atoms with Crippen LogP contribution in [0.5, 0.6) is 11.5 Å². The van der Waals surface area contributed by atoms with Gasteiger partial charge in [0.05, 0.1) is 0 Å². The minimum atomic E-state index is -0.606. The highest BCUT2D eigenvalue weighted by Gasteiger charge is 2.29. The van der Waals surface area contributed by atoms with E-state index in [0.29, 0.717) is 18.0 Å². The van der Waals surface area contributed by atoms with Gasteiger partial charge in [-0.1, -0.05) is 24.3 Å². The third-order valence-corrected chi connectivity index (χ3v) is 4.03. The van der Waals surface area contributed by atoms with Gasteiger partial charge in [0.2, 0.25) is 6.10 Å². The fraction of sp³-hybridized carbons (Fsp3) is 0.316. The Bertz CT molecular complexity index is 713. The van der Waals surface area contributed by atoms with Crippen LogP contribution in [0.25, 0.3) is 0 Å². The third kappa shape index (κ3) is 3.45. The standard InChI is InChI=1S/C19H22N2O3/c1-20(2)15-10-8-14(9-11-15)12-21(3)19(22)18-13-23-16-6-4-5-7-17(16)24-18/h4-11,18H,12-13H2,1-3H3. The number of ether oxygens (including phenoxy) is 2. The molecule has 1 atom stereocenters. The average Bonchev–Trinajstić information content (AvgIpc) is 2.61. The highest BCUT2D eigenvalue weighted by atomic mass is 16.6. The van der Waals surface area contributed by atoms with Crippen molar-refractivity contribution in [3.63, 3.8) is 0 Å². The second kappa shape index (κ2) is 6.83. The number of rotatable bonds is 4. The molecule has 0 N–H and O–H groups in total. The molecule has 2 aromatic carbocycles. The van der Waals surface area contributed by atoms with Crippen molar-refractivity contribution in [1.82, 2.24) is 4.90 Å². The van der Waals surface area contributed by atoms with Gasteiger partial charge < -0.3 is 19.3 Å². The van der Waals surface area contributed by atoms with E-state index in [1.54, 1.807) is 11.9 Å². The van der Waals surface area contributed by atoms with E-state index in [2.05, 4.69) is 0 Å². The summed E-state index contributed by atoms with van der Waals surface area (Å²) in [4.78, 5) is 16.3. The second-order valence-corrected chi connectivity index (χ2v) is 6.12. The lowest BCUT2D eigenvalue weighted by molar-refractivity contribution is -0.140. The van der Waals surface area contributed by atoms with Crippen molar-refractivity contribution in [3.05, 3.63) is 54.1 Å². The Morgan fingerprint density at radius 3 is 2.38 bits per heavy atom. The zero-order chi connectivity index (χ0) is 17.1. The maximum atomic E-state index is 12.6. The Kier molecular flexibility index (Phi) is 4.60. The van der Waals surface area contributed by atoms with Crippen LogP contribution in [0.3, 0.4) is 0 Å². The Labute approximate surface area is 142 Å². The van der Waals surface area contributed by atoms with Crippen LogP contribution in [-0.4, -0.2) is 44.7 Å². The van der Waals surface area contributed by atoms with Crippen molar-refractivity contribution in [2.45, 2.75) is 12.6 Å². The molecule has 0 saturated heterocycles. The van der Waals surface area contributed by atoms with Gasteiger partial charge >= 0.3 is 0 Å². The zero-order valence-electron chi connectivity index (χ0n) is 14.2. The first-order valence-corrected chi connectivity index (χ1v) is 7.94. The predicted octanol–water partition coefficient (Wildman–Crippen LogP) is 2.55. The van der Waals surface area contributed by atoms with Gasteiger partial charge in [-0.3, -0.25) is 4.79 Å². The molecule has 5 nitrogen and oxygen atoms in total. The molecule has 5 heteroatoms. The van der Waals surface area contributed by atoms with Crippen LogP contribution >= 0.6 is 0 Å². The molecule has 1 heterocycles. The van der Waals surface area contributed by atoms with E-state index in [0.717, 1.165) is 11.3 Å². The van der Waals surface area contributed by atoms with E-state index >= 15 is 0 Å². The van der Waals surface area contributed by atoms with Crippen molar-refractivity contribution in [1.29, 1.82) is 0 Å². The Balaban J connectivity index is 1.63. The Morgan fingerprint density at radius 2 is 1.71 bits per heavy atom. The molecule has 0 spiro atoms. The topological polar surface area (TPSA) is 42.0 Å². The molecule has 0 bridgehead atoms. The van der Waals surface area contributed by atoms with E-state index in [1.165, 1.54) is 0 Å². The number of nitrogens with zero attached hydrogens (tertiary/aromatic N) is 2. The molecular weight excluding hydrogens is 304 g/mol. The van der Waals surface area contributed by atoms with Crippen molar-refractivity contribution in [3.8, 4) is 11.5 Å². The molecule has 1 aliphatic heterocycles. The van der Waals surface area contributed by atoms with E-state index in [-0.39, 0.29) is 12.5 Å². The number of fused-ring (bicyclic) bond motifs is 1. The molecule has 0 saturated carbocycles. The Morgan fingerprint density at radius 1 is 1.04 bits per heavy atom. The van der Waals surface area contributed by atoms with E-state index in [4.69, 9.17) is 9.47 Å². The number of benzene rings is 2. The SMILES string of the molecule is CN(Cc1ccc(N(C)C)cc1)C(=O)C1COc2ccccc2O1. The molecule has 0 fully saturated rings. The minimum absolute atomic E-state index is 0.0822. The lowest BCUT2D eigenvalue weighted by Gasteiger charge is -2.29. The van der Waals surface area contributed by atoms with Gasteiger partial charge in [-0.15, -0.1) is 0 Å². The molecule has 0 aromatic heterocycles. The highest BCUT2D eigenvalue weighted by Crippen LogP contribution is 2.31. The molecule has 2 aromatic rings. The molecule has 1 unspecified atom stereocenters. The minimum Gasteiger partial charge on any atom is -0.485 e. The summed E-state index contributed by atoms with van der Waals surface area (Å²) in [6.45, 7) is 0.772. The molecule has 1 aliphatic rings. The first-order valence-electron chi connectivity index (χ1n) is 7.94. The summed E-state index contributed by atoms with van der Waals surface area (Å²) in [6, 6.07) is 15.6. The van der Waals surface area contributed by atoms with Gasteiger partial charge in [0, 0.05) is 33.4 Å². The average molecular weight is 326 g/mol. The van der Waals surface area contributed by atoms with Crippen LogP contribution in [0.2, 0.25) is 0 Å². The third-order valence-electron chi connectivity index (χ3n) is 4.03. The van der Waals surface area contributed by atoms with Crippen LogP contribution in [0.4, 0.5) is 5.69 Å². The molecule has 0 aliphatic carbocycles. The number of anilines is 1. The fourth-order valence-electron chi connectivity index (χ4n) is 2.64. The first kappa shape index (κ1) is 16.2. The number of amides is 1. The smallest absolute Gasteiger partial charge is 0.267 e. The quantitative estimate of drug-likeness (QED) is 0.866. The van der Waals surface area contributed by atoms with E-state index in [1.807, 2.05) is 67.5 Å². The zero-order valence-corrected chi connectivity index (χ0v) is 14.2. The largest absolute Gasteiger partial charge is 0.485 e. The first-order chi connectivity index (χ1) is 11.5. The number of likely N-dealkylation sites (N-methyl/N-ethyl adjacent to an activating group) is 1. The number of carbonyl (C=O) groups excluding carboxylic acids is 1. The van der Waals surface area contributed by atoms with Crippen LogP contribution in [0.1, 0.15) is 5.56 Å². The monoisotopic (exact) mass is 326 g/mol. The van der Waals surface area contributed by atoms with Gasteiger partial charge in [0.1, 0.15) is 6.61 Å². The predicted molar refractivity (Wildman–Crippen MR) is 93.6 cm³/mol. The summed E-state index contributed by atoms with van der Waals surface area (Å²) in [7, 11) is 5.79. The molecule has 1 amide bonds. The lowest BCUT2D eigenvalue weighted by Crippen LogP contribution is -2.44.